The Balaban J connectivity index is 2.13. The van der Waals surface area contributed by atoms with Gasteiger partial charge in [0.15, 0.2) is 0 Å². The molecule has 0 amide bonds. The lowest BCUT2D eigenvalue weighted by molar-refractivity contribution is -0.384. The van der Waals surface area contributed by atoms with Crippen LogP contribution in [0.2, 0.25) is 0 Å². The average Bonchev–Trinajstić information content (AvgIpc) is 2.88. The first-order chi connectivity index (χ1) is 9.56. The second kappa shape index (κ2) is 4.30. The van der Waals surface area contributed by atoms with Gasteiger partial charge in [-0.25, -0.2) is 9.78 Å². The number of fused-ring (bicyclic) bond motifs is 1. The molecular weight excluding hydrogens is 260 g/mol. The van der Waals surface area contributed by atoms with E-state index in [1.165, 1.54) is 21.1 Å². The second-order valence-electron chi connectivity index (χ2n) is 4.37. The standard InChI is InChI=1S/C13H10N4O3/c1-15-7-6-12-14-11(8-16(12)13(15)18)9-2-4-10(5-3-9)17(19)20/h2-8H,1H3. The van der Waals surface area contributed by atoms with Gasteiger partial charge in [-0.2, -0.15) is 0 Å². The molecule has 0 saturated heterocycles. The fourth-order valence-electron chi connectivity index (χ4n) is 1.97. The van der Waals surface area contributed by atoms with Gasteiger partial charge in [0.2, 0.25) is 0 Å². The molecule has 7 nitrogen and oxygen atoms in total. The SMILES string of the molecule is Cn1ccc2nc(-c3ccc([N+](=O)[O-])cc3)cn2c1=O. The molecule has 0 atom stereocenters. The molecule has 2 aromatic heterocycles. The lowest BCUT2D eigenvalue weighted by atomic mass is 10.1. The Morgan fingerprint density at radius 2 is 1.90 bits per heavy atom. The van der Waals surface area contributed by atoms with E-state index in [9.17, 15) is 14.9 Å². The minimum atomic E-state index is -0.455. The zero-order chi connectivity index (χ0) is 14.3. The highest BCUT2D eigenvalue weighted by molar-refractivity contribution is 5.63. The highest BCUT2D eigenvalue weighted by Crippen LogP contribution is 2.21. The molecule has 0 radical (unpaired) electrons. The van der Waals surface area contributed by atoms with Crippen molar-refractivity contribution in [3.05, 3.63) is 63.3 Å². The van der Waals surface area contributed by atoms with Crippen molar-refractivity contribution >= 4 is 11.3 Å². The highest BCUT2D eigenvalue weighted by atomic mass is 16.6. The Morgan fingerprint density at radius 1 is 1.20 bits per heavy atom. The quantitative estimate of drug-likeness (QED) is 0.523. The number of nitro benzene ring substituents is 1. The van der Waals surface area contributed by atoms with Crippen LogP contribution in [0.5, 0.6) is 0 Å². The lowest BCUT2D eigenvalue weighted by Gasteiger charge is -1.96. The summed E-state index contributed by atoms with van der Waals surface area (Å²) in [4.78, 5) is 26.4. The number of aryl methyl sites for hydroxylation is 1. The number of nitrogens with zero attached hydrogens (tertiary/aromatic N) is 4. The first kappa shape index (κ1) is 12.1. The van der Waals surface area contributed by atoms with Gasteiger partial charge in [-0.3, -0.25) is 14.5 Å². The van der Waals surface area contributed by atoms with Gasteiger partial charge in [0.25, 0.3) is 5.69 Å². The summed E-state index contributed by atoms with van der Waals surface area (Å²) in [7, 11) is 1.66. The molecule has 2 heterocycles. The maximum absolute atomic E-state index is 11.9. The van der Waals surface area contributed by atoms with Gasteiger partial charge >= 0.3 is 5.69 Å². The highest BCUT2D eigenvalue weighted by Gasteiger charge is 2.09. The molecule has 0 N–H and O–H groups in total. The van der Waals surface area contributed by atoms with E-state index in [-0.39, 0.29) is 11.4 Å². The van der Waals surface area contributed by atoms with E-state index in [4.69, 9.17) is 0 Å². The molecule has 0 unspecified atom stereocenters. The van der Waals surface area contributed by atoms with Crippen LogP contribution in [0.4, 0.5) is 5.69 Å². The zero-order valence-corrected chi connectivity index (χ0v) is 10.6. The van der Waals surface area contributed by atoms with Crippen LogP contribution in [0.15, 0.2) is 47.5 Å². The number of rotatable bonds is 2. The third kappa shape index (κ3) is 1.85. The predicted molar refractivity (Wildman–Crippen MR) is 72.5 cm³/mol. The van der Waals surface area contributed by atoms with Crippen LogP contribution in [0.1, 0.15) is 0 Å². The number of aromatic nitrogens is 3. The number of hydrogen-bond acceptors (Lipinski definition) is 4. The van der Waals surface area contributed by atoms with Gasteiger partial charge in [0, 0.05) is 37.1 Å². The van der Waals surface area contributed by atoms with Crippen molar-refractivity contribution in [1.29, 1.82) is 0 Å². The molecule has 0 bridgehead atoms. The molecule has 7 heteroatoms. The van der Waals surface area contributed by atoms with E-state index in [2.05, 4.69) is 4.98 Å². The average molecular weight is 270 g/mol. The number of imidazole rings is 1. The molecule has 0 aliphatic carbocycles. The van der Waals surface area contributed by atoms with E-state index >= 15 is 0 Å². The van der Waals surface area contributed by atoms with Gasteiger partial charge < -0.3 is 4.57 Å². The fraction of sp³-hybridized carbons (Fsp3) is 0.0769. The van der Waals surface area contributed by atoms with E-state index in [1.807, 2.05) is 0 Å². The smallest absolute Gasteiger partial charge is 0.303 e. The van der Waals surface area contributed by atoms with Crippen LogP contribution < -0.4 is 5.69 Å². The normalized spacial score (nSPS) is 10.8. The second-order valence-corrected chi connectivity index (χ2v) is 4.37. The molecule has 0 fully saturated rings. The van der Waals surface area contributed by atoms with Gasteiger partial charge in [0.1, 0.15) is 5.65 Å². The van der Waals surface area contributed by atoms with Crippen molar-refractivity contribution in [3.8, 4) is 11.3 Å². The largest absolute Gasteiger partial charge is 0.333 e. The summed E-state index contributed by atoms with van der Waals surface area (Å²) in [5.74, 6) is 0. The summed E-state index contributed by atoms with van der Waals surface area (Å²) in [5, 5.41) is 10.6. The van der Waals surface area contributed by atoms with Crippen molar-refractivity contribution in [2.75, 3.05) is 0 Å². The molecule has 0 spiro atoms. The Kier molecular flexibility index (Phi) is 2.60. The van der Waals surface area contributed by atoms with Gasteiger partial charge in [-0.15, -0.1) is 0 Å². The first-order valence-corrected chi connectivity index (χ1v) is 5.86. The molecule has 1 aromatic carbocycles. The third-order valence-electron chi connectivity index (χ3n) is 3.06. The summed E-state index contributed by atoms with van der Waals surface area (Å²) >= 11 is 0. The van der Waals surface area contributed by atoms with Crippen LogP contribution in [-0.2, 0) is 7.05 Å². The molecule has 3 rings (SSSR count). The van der Waals surface area contributed by atoms with Crippen LogP contribution in [0, 0.1) is 10.1 Å². The molecular formula is C13H10N4O3. The van der Waals surface area contributed by atoms with Crippen molar-refractivity contribution < 1.29 is 4.92 Å². The van der Waals surface area contributed by atoms with Crippen LogP contribution >= 0.6 is 0 Å². The minimum Gasteiger partial charge on any atom is -0.303 e. The summed E-state index contributed by atoms with van der Waals surface area (Å²) in [6, 6.07) is 7.79. The fourth-order valence-corrected chi connectivity index (χ4v) is 1.97. The Labute approximate surface area is 112 Å². The topological polar surface area (TPSA) is 82.4 Å². The summed E-state index contributed by atoms with van der Waals surface area (Å²) in [6.45, 7) is 0. The first-order valence-electron chi connectivity index (χ1n) is 5.86. The lowest BCUT2D eigenvalue weighted by Crippen LogP contribution is -2.22. The Hall–Kier alpha value is -2.96. The maximum atomic E-state index is 11.9. The van der Waals surface area contributed by atoms with E-state index in [1.54, 1.807) is 37.6 Å². The number of benzene rings is 1. The van der Waals surface area contributed by atoms with Gasteiger partial charge in [-0.05, 0) is 18.2 Å². The van der Waals surface area contributed by atoms with Crippen molar-refractivity contribution in [2.24, 2.45) is 7.05 Å². The Morgan fingerprint density at radius 3 is 2.55 bits per heavy atom. The van der Waals surface area contributed by atoms with Crippen LogP contribution in [-0.4, -0.2) is 18.9 Å². The zero-order valence-electron chi connectivity index (χ0n) is 10.6. The predicted octanol–water partition coefficient (Wildman–Crippen LogP) is 1.61. The molecule has 3 aromatic rings. The summed E-state index contributed by atoms with van der Waals surface area (Å²) in [6.07, 6.45) is 3.27. The minimum absolute atomic E-state index is 0.0217. The maximum Gasteiger partial charge on any atom is 0.333 e. The number of hydrogen-bond donors (Lipinski definition) is 0. The van der Waals surface area contributed by atoms with Crippen LogP contribution in [0.3, 0.4) is 0 Å². The van der Waals surface area contributed by atoms with Gasteiger partial charge in [-0.1, -0.05) is 0 Å². The summed E-state index contributed by atoms with van der Waals surface area (Å²) < 4.78 is 2.89. The van der Waals surface area contributed by atoms with E-state index < -0.39 is 4.92 Å². The van der Waals surface area contributed by atoms with Crippen molar-refractivity contribution in [2.45, 2.75) is 0 Å². The molecule has 100 valence electrons. The Bertz CT molecular complexity index is 861. The molecule has 0 aliphatic heterocycles. The molecule has 0 aliphatic rings. The summed E-state index contributed by atoms with van der Waals surface area (Å²) in [5.41, 5.74) is 1.70. The van der Waals surface area contributed by atoms with Crippen molar-refractivity contribution in [3.63, 3.8) is 0 Å². The van der Waals surface area contributed by atoms with Crippen molar-refractivity contribution in [1.82, 2.24) is 14.0 Å². The van der Waals surface area contributed by atoms with E-state index in [0.717, 1.165) is 5.56 Å². The van der Waals surface area contributed by atoms with Gasteiger partial charge in [0.05, 0.1) is 10.6 Å². The monoisotopic (exact) mass is 270 g/mol. The molecule has 0 saturated carbocycles. The number of non-ortho nitro benzene ring substituents is 1. The number of nitro groups is 1. The molecule has 20 heavy (non-hydrogen) atoms. The third-order valence-corrected chi connectivity index (χ3v) is 3.06. The van der Waals surface area contributed by atoms with Crippen LogP contribution in [0.25, 0.3) is 16.9 Å². The van der Waals surface area contributed by atoms with E-state index in [0.29, 0.717) is 11.3 Å².